The highest BCUT2D eigenvalue weighted by Crippen LogP contribution is 2.28. The van der Waals surface area contributed by atoms with Crippen LogP contribution in [0.1, 0.15) is 55.5 Å². The Labute approximate surface area is 157 Å². The van der Waals surface area contributed by atoms with Crippen molar-refractivity contribution in [2.24, 2.45) is 0 Å². The number of nitrogens with one attached hydrogen (secondary N) is 1. The molecule has 0 bridgehead atoms. The lowest BCUT2D eigenvalue weighted by atomic mass is 9.99. The Morgan fingerprint density at radius 2 is 1.96 bits per heavy atom. The van der Waals surface area contributed by atoms with E-state index in [-0.39, 0.29) is 6.04 Å². The van der Waals surface area contributed by atoms with E-state index < -0.39 is 0 Å². The van der Waals surface area contributed by atoms with Crippen LogP contribution >= 0.6 is 0 Å². The summed E-state index contributed by atoms with van der Waals surface area (Å²) in [4.78, 5) is 7.09. The van der Waals surface area contributed by atoms with Gasteiger partial charge < -0.3 is 11.1 Å². The molecule has 4 heteroatoms. The number of nitrogen functional groups attached to an aromatic ring is 1. The number of anilines is 1. The van der Waals surface area contributed by atoms with Crippen LogP contribution in [-0.2, 0) is 0 Å². The Morgan fingerprint density at radius 3 is 2.54 bits per heavy atom. The van der Waals surface area contributed by atoms with Gasteiger partial charge in [0.05, 0.1) is 11.7 Å². The zero-order valence-corrected chi connectivity index (χ0v) is 16.1. The molecule has 3 rings (SSSR count). The Bertz CT molecular complexity index is 754. The summed E-state index contributed by atoms with van der Waals surface area (Å²) < 4.78 is 0. The smallest absolute Gasteiger partial charge is 0.127 e. The van der Waals surface area contributed by atoms with Crippen molar-refractivity contribution < 1.29 is 0 Å². The molecule has 1 aliphatic rings. The Morgan fingerprint density at radius 1 is 1.23 bits per heavy atom. The van der Waals surface area contributed by atoms with Gasteiger partial charge >= 0.3 is 0 Å². The number of likely N-dealkylation sites (tertiary alicyclic amines) is 1. The molecule has 1 fully saturated rings. The van der Waals surface area contributed by atoms with Crippen LogP contribution in [0, 0.1) is 0 Å². The molecule has 1 saturated heterocycles. The van der Waals surface area contributed by atoms with Crippen LogP contribution in [0.2, 0.25) is 0 Å². The molecule has 2 aromatic rings. The Balaban J connectivity index is 1.91. The van der Waals surface area contributed by atoms with Crippen molar-refractivity contribution in [3.8, 4) is 0 Å². The molecule has 0 aliphatic carbocycles. The van der Waals surface area contributed by atoms with Gasteiger partial charge in [0.1, 0.15) is 5.82 Å². The van der Waals surface area contributed by atoms with E-state index in [1.54, 1.807) is 0 Å². The molecule has 0 spiro atoms. The van der Waals surface area contributed by atoms with Crippen molar-refractivity contribution in [3.63, 3.8) is 0 Å². The van der Waals surface area contributed by atoms with E-state index in [9.17, 15) is 0 Å². The molecule has 2 atom stereocenters. The maximum atomic E-state index is 6.24. The molecule has 26 heavy (non-hydrogen) atoms. The number of nitrogens with zero attached hydrogens (tertiary/aromatic N) is 2. The number of aromatic nitrogens is 1. The molecule has 3 N–H and O–H groups in total. The highest BCUT2D eigenvalue weighted by molar-refractivity contribution is 5.44. The number of rotatable bonds is 6. The van der Waals surface area contributed by atoms with E-state index in [2.05, 4.69) is 74.1 Å². The third-order valence-corrected chi connectivity index (χ3v) is 5.28. The van der Waals surface area contributed by atoms with Crippen LogP contribution in [0.3, 0.4) is 0 Å². The standard InChI is InChI=1S/C22H30N4/c1-15(2)18-12-13-19(25-22(18)23)21(17-9-6-5-7-10-17)24-16(3)20-11-8-14-26(20)4/h5-7,9-10,12-13,15,20-21,24H,3,8,11,14H2,1-2,4H3,(H2,23,25). The molecule has 138 valence electrons. The first-order valence-electron chi connectivity index (χ1n) is 9.44. The second-order valence-corrected chi connectivity index (χ2v) is 7.52. The number of hydrogen-bond donors (Lipinski definition) is 2. The lowest BCUT2D eigenvalue weighted by molar-refractivity contribution is 0.331. The van der Waals surface area contributed by atoms with Crippen LogP contribution in [0.5, 0.6) is 0 Å². The van der Waals surface area contributed by atoms with E-state index in [1.165, 1.54) is 12.0 Å². The molecule has 2 heterocycles. The van der Waals surface area contributed by atoms with E-state index in [1.807, 2.05) is 6.07 Å². The van der Waals surface area contributed by atoms with Crippen molar-refractivity contribution in [2.75, 3.05) is 19.3 Å². The minimum atomic E-state index is -0.0544. The molecular weight excluding hydrogens is 320 g/mol. The first-order valence-corrected chi connectivity index (χ1v) is 9.44. The van der Waals surface area contributed by atoms with Crippen LogP contribution in [0.25, 0.3) is 0 Å². The van der Waals surface area contributed by atoms with Gasteiger partial charge in [-0.15, -0.1) is 0 Å². The van der Waals surface area contributed by atoms with Crippen molar-refractivity contribution in [1.82, 2.24) is 15.2 Å². The molecule has 2 unspecified atom stereocenters. The topological polar surface area (TPSA) is 54.2 Å². The average molecular weight is 351 g/mol. The van der Waals surface area contributed by atoms with Crippen molar-refractivity contribution >= 4 is 5.82 Å². The molecule has 0 saturated carbocycles. The van der Waals surface area contributed by atoms with E-state index in [4.69, 9.17) is 10.7 Å². The summed E-state index contributed by atoms with van der Waals surface area (Å²) in [5.74, 6) is 0.977. The van der Waals surface area contributed by atoms with E-state index in [0.29, 0.717) is 17.8 Å². The number of benzene rings is 1. The van der Waals surface area contributed by atoms with Crippen LogP contribution < -0.4 is 11.1 Å². The van der Waals surface area contributed by atoms with E-state index >= 15 is 0 Å². The Hall–Kier alpha value is -2.33. The van der Waals surface area contributed by atoms with Gasteiger partial charge in [-0.2, -0.15) is 0 Å². The van der Waals surface area contributed by atoms with Gasteiger partial charge in [-0.1, -0.05) is 56.8 Å². The average Bonchev–Trinajstić information content (AvgIpc) is 3.06. The summed E-state index contributed by atoms with van der Waals surface area (Å²) in [7, 11) is 2.16. The zero-order valence-electron chi connectivity index (χ0n) is 16.1. The van der Waals surface area contributed by atoms with Gasteiger partial charge in [-0.05, 0) is 49.5 Å². The molecule has 1 aliphatic heterocycles. The predicted octanol–water partition coefficient (Wildman–Crippen LogP) is 4.07. The van der Waals surface area contributed by atoms with Crippen LogP contribution in [0.15, 0.2) is 54.7 Å². The molecular formula is C22H30N4. The normalized spacial score (nSPS) is 18.8. The zero-order chi connectivity index (χ0) is 18.7. The maximum Gasteiger partial charge on any atom is 0.127 e. The summed E-state index contributed by atoms with van der Waals surface area (Å²) >= 11 is 0. The number of pyridine rings is 1. The third kappa shape index (κ3) is 3.91. The second kappa shape index (κ2) is 7.92. The Kier molecular flexibility index (Phi) is 5.62. The van der Waals surface area contributed by atoms with E-state index in [0.717, 1.165) is 29.9 Å². The second-order valence-electron chi connectivity index (χ2n) is 7.52. The minimum absolute atomic E-state index is 0.0544. The number of hydrogen-bond acceptors (Lipinski definition) is 4. The van der Waals surface area contributed by atoms with Gasteiger partial charge in [0.15, 0.2) is 0 Å². The fourth-order valence-electron chi connectivity index (χ4n) is 3.76. The summed E-state index contributed by atoms with van der Waals surface area (Å²) in [6.07, 6.45) is 2.36. The highest BCUT2D eigenvalue weighted by Gasteiger charge is 2.26. The van der Waals surface area contributed by atoms with Crippen LogP contribution in [0.4, 0.5) is 5.82 Å². The number of nitrogens with two attached hydrogens (primary N) is 1. The fraction of sp³-hybridized carbons (Fsp3) is 0.409. The monoisotopic (exact) mass is 350 g/mol. The quantitative estimate of drug-likeness (QED) is 0.824. The van der Waals surface area contributed by atoms with Gasteiger partial charge in [0.25, 0.3) is 0 Å². The van der Waals surface area contributed by atoms with Crippen molar-refractivity contribution in [1.29, 1.82) is 0 Å². The fourth-order valence-corrected chi connectivity index (χ4v) is 3.76. The van der Waals surface area contributed by atoms with Gasteiger partial charge in [0, 0.05) is 11.7 Å². The summed E-state index contributed by atoms with van der Waals surface area (Å²) in [6, 6.07) is 14.9. The van der Waals surface area contributed by atoms with Gasteiger partial charge in [0.2, 0.25) is 0 Å². The summed E-state index contributed by atoms with van der Waals surface area (Å²) in [5, 5.41) is 3.64. The third-order valence-electron chi connectivity index (χ3n) is 5.28. The summed E-state index contributed by atoms with van der Waals surface area (Å²) in [5.41, 5.74) is 10.5. The lowest BCUT2D eigenvalue weighted by Gasteiger charge is -2.28. The maximum absolute atomic E-state index is 6.24. The van der Waals surface area contributed by atoms with Crippen LogP contribution in [-0.4, -0.2) is 29.5 Å². The molecule has 0 radical (unpaired) electrons. The molecule has 4 nitrogen and oxygen atoms in total. The first-order chi connectivity index (χ1) is 12.5. The lowest BCUT2D eigenvalue weighted by Crippen LogP contribution is -2.35. The first kappa shape index (κ1) is 18.5. The minimum Gasteiger partial charge on any atom is -0.383 e. The number of likely N-dealkylation sites (N-methyl/N-ethyl adjacent to an activating group) is 1. The summed E-state index contributed by atoms with van der Waals surface area (Å²) in [6.45, 7) is 9.73. The van der Waals surface area contributed by atoms with Crippen molar-refractivity contribution in [3.05, 3.63) is 71.6 Å². The molecule has 1 aromatic heterocycles. The van der Waals surface area contributed by atoms with Gasteiger partial charge in [-0.25, -0.2) is 4.98 Å². The highest BCUT2D eigenvalue weighted by atomic mass is 15.2. The molecule has 1 aromatic carbocycles. The van der Waals surface area contributed by atoms with Crippen molar-refractivity contribution in [2.45, 2.75) is 44.7 Å². The molecule has 0 amide bonds. The SMILES string of the molecule is C=C(NC(c1ccccc1)c1ccc(C(C)C)c(N)n1)C1CCCN1C. The van der Waals surface area contributed by atoms with Gasteiger partial charge in [-0.3, -0.25) is 4.90 Å². The largest absolute Gasteiger partial charge is 0.383 e. The predicted molar refractivity (Wildman–Crippen MR) is 109 cm³/mol.